The van der Waals surface area contributed by atoms with Gasteiger partial charge in [0.25, 0.3) is 0 Å². The topological polar surface area (TPSA) is 81.7 Å². The smallest absolute Gasteiger partial charge is 0.138 e. The van der Waals surface area contributed by atoms with E-state index in [0.29, 0.717) is 12.4 Å². The summed E-state index contributed by atoms with van der Waals surface area (Å²) in [7, 11) is 1.93. The molecule has 0 aromatic carbocycles. The lowest BCUT2D eigenvalue weighted by Gasteiger charge is -2.18. The van der Waals surface area contributed by atoms with Gasteiger partial charge in [0.05, 0.1) is 5.69 Å². The van der Waals surface area contributed by atoms with E-state index in [0.717, 1.165) is 23.8 Å². The maximum atomic E-state index is 5.88. The molecule has 0 atom stereocenters. The van der Waals surface area contributed by atoms with Crippen LogP contribution in [0.4, 0.5) is 11.6 Å². The van der Waals surface area contributed by atoms with Gasteiger partial charge in [-0.2, -0.15) is 5.10 Å². The second kappa shape index (κ2) is 5.71. The number of hydrogen-bond acceptors (Lipinski definition) is 5. The highest BCUT2D eigenvalue weighted by molar-refractivity contribution is 5.45. The van der Waals surface area contributed by atoms with E-state index in [9.17, 15) is 0 Å². The van der Waals surface area contributed by atoms with Crippen LogP contribution in [0.25, 0.3) is 0 Å². The van der Waals surface area contributed by atoms with Crippen molar-refractivity contribution in [2.75, 3.05) is 11.1 Å². The maximum Gasteiger partial charge on any atom is 0.138 e. The zero-order valence-electron chi connectivity index (χ0n) is 13.4. The number of rotatable bonds is 4. The molecular weight excluding hydrogens is 264 g/mol. The minimum atomic E-state index is -0.130. The Morgan fingerprint density at radius 3 is 2.62 bits per heavy atom. The summed E-state index contributed by atoms with van der Waals surface area (Å²) >= 11 is 0. The number of aromatic nitrogens is 4. The molecule has 0 bridgehead atoms. The fraction of sp³-hybridized carbons (Fsp3) is 0.533. The van der Waals surface area contributed by atoms with Crippen molar-refractivity contribution in [3.05, 3.63) is 29.3 Å². The Morgan fingerprint density at radius 2 is 2.00 bits per heavy atom. The third kappa shape index (κ3) is 3.71. The maximum absolute atomic E-state index is 5.88. The third-order valence-corrected chi connectivity index (χ3v) is 3.20. The highest BCUT2D eigenvalue weighted by atomic mass is 15.3. The first-order valence-corrected chi connectivity index (χ1v) is 7.20. The largest absolute Gasteiger partial charge is 0.384 e. The van der Waals surface area contributed by atoms with E-state index >= 15 is 0 Å². The molecule has 2 heterocycles. The van der Waals surface area contributed by atoms with Gasteiger partial charge in [-0.25, -0.2) is 9.97 Å². The van der Waals surface area contributed by atoms with E-state index in [1.807, 2.05) is 17.9 Å². The zero-order chi connectivity index (χ0) is 15.6. The number of anilines is 2. The Morgan fingerprint density at radius 1 is 1.29 bits per heavy atom. The van der Waals surface area contributed by atoms with E-state index in [-0.39, 0.29) is 5.41 Å². The van der Waals surface area contributed by atoms with Crippen LogP contribution in [0.5, 0.6) is 0 Å². The van der Waals surface area contributed by atoms with Crippen LogP contribution < -0.4 is 11.1 Å². The Labute approximate surface area is 125 Å². The van der Waals surface area contributed by atoms with Crippen LogP contribution in [0.15, 0.2) is 12.3 Å². The zero-order valence-corrected chi connectivity index (χ0v) is 13.4. The number of hydrogen-bond donors (Lipinski definition) is 2. The lowest BCUT2D eigenvalue weighted by atomic mass is 9.96. The number of nitrogens with zero attached hydrogens (tertiary/aromatic N) is 4. The average molecular weight is 288 g/mol. The van der Waals surface area contributed by atoms with E-state index < -0.39 is 0 Å². The lowest BCUT2D eigenvalue weighted by molar-refractivity contribution is 0.547. The molecule has 0 aliphatic carbocycles. The predicted octanol–water partition coefficient (Wildman–Crippen LogP) is 2.26. The van der Waals surface area contributed by atoms with Gasteiger partial charge in [0, 0.05) is 36.8 Å². The molecule has 21 heavy (non-hydrogen) atoms. The molecule has 0 saturated heterocycles. The molecule has 6 nitrogen and oxygen atoms in total. The number of nitrogens with one attached hydrogen (secondary N) is 1. The summed E-state index contributed by atoms with van der Waals surface area (Å²) in [5.41, 5.74) is 8.02. The highest BCUT2D eigenvalue weighted by Crippen LogP contribution is 2.21. The fourth-order valence-electron chi connectivity index (χ4n) is 2.11. The van der Waals surface area contributed by atoms with E-state index in [1.54, 1.807) is 6.07 Å². The summed E-state index contributed by atoms with van der Waals surface area (Å²) < 4.78 is 1.84. The van der Waals surface area contributed by atoms with Crippen molar-refractivity contribution in [3.63, 3.8) is 0 Å². The van der Waals surface area contributed by atoms with Crippen LogP contribution in [0.1, 0.15) is 44.8 Å². The molecule has 0 amide bonds. The van der Waals surface area contributed by atoms with Crippen LogP contribution in [-0.4, -0.2) is 19.7 Å². The first kappa shape index (κ1) is 15.3. The summed E-state index contributed by atoms with van der Waals surface area (Å²) in [5.74, 6) is 1.98. The molecule has 2 aromatic rings. The SMILES string of the molecule is CCc1nn(C)cc1CNc1cc(N)nc(C(C)(C)C)n1. The van der Waals surface area contributed by atoms with E-state index in [2.05, 4.69) is 48.1 Å². The van der Waals surface area contributed by atoms with Crippen LogP contribution in [0.3, 0.4) is 0 Å². The Balaban J connectivity index is 2.18. The van der Waals surface area contributed by atoms with Crippen molar-refractivity contribution in [1.82, 2.24) is 19.7 Å². The molecule has 6 heteroatoms. The monoisotopic (exact) mass is 288 g/mol. The van der Waals surface area contributed by atoms with E-state index in [4.69, 9.17) is 5.73 Å². The average Bonchev–Trinajstić information content (AvgIpc) is 2.75. The molecule has 114 valence electrons. The van der Waals surface area contributed by atoms with Gasteiger partial charge in [0.2, 0.25) is 0 Å². The minimum Gasteiger partial charge on any atom is -0.384 e. The second-order valence-corrected chi connectivity index (χ2v) is 6.23. The summed E-state index contributed by atoms with van der Waals surface area (Å²) in [4.78, 5) is 8.86. The van der Waals surface area contributed by atoms with Gasteiger partial charge in [-0.1, -0.05) is 27.7 Å². The number of aryl methyl sites for hydroxylation is 2. The van der Waals surface area contributed by atoms with Crippen LogP contribution >= 0.6 is 0 Å². The molecule has 0 radical (unpaired) electrons. The molecular formula is C15H24N6. The van der Waals surface area contributed by atoms with Gasteiger partial charge in [-0.05, 0) is 6.42 Å². The summed E-state index contributed by atoms with van der Waals surface area (Å²) in [5, 5.41) is 7.75. The molecule has 0 saturated carbocycles. The Kier molecular flexibility index (Phi) is 4.16. The van der Waals surface area contributed by atoms with Crippen LogP contribution in [-0.2, 0) is 25.4 Å². The minimum absolute atomic E-state index is 0.130. The van der Waals surface area contributed by atoms with Crippen LogP contribution in [0, 0.1) is 0 Å². The molecule has 0 fully saturated rings. The van der Waals surface area contributed by atoms with Crippen LogP contribution in [0.2, 0.25) is 0 Å². The van der Waals surface area contributed by atoms with Crippen molar-refractivity contribution in [2.24, 2.45) is 7.05 Å². The Hall–Kier alpha value is -2.11. The van der Waals surface area contributed by atoms with Crippen molar-refractivity contribution in [3.8, 4) is 0 Å². The molecule has 2 aromatic heterocycles. The van der Waals surface area contributed by atoms with Gasteiger partial charge >= 0.3 is 0 Å². The lowest BCUT2D eigenvalue weighted by Crippen LogP contribution is -2.18. The van der Waals surface area contributed by atoms with Crippen molar-refractivity contribution in [2.45, 2.75) is 46.1 Å². The van der Waals surface area contributed by atoms with E-state index in [1.165, 1.54) is 5.56 Å². The third-order valence-electron chi connectivity index (χ3n) is 3.20. The second-order valence-electron chi connectivity index (χ2n) is 6.23. The van der Waals surface area contributed by atoms with Gasteiger partial charge < -0.3 is 11.1 Å². The standard InChI is InChI=1S/C15H24N6/c1-6-11-10(9-21(5)20-11)8-17-13-7-12(16)18-14(19-13)15(2,3)4/h7,9H,6,8H2,1-5H3,(H3,16,17,18,19). The highest BCUT2D eigenvalue weighted by Gasteiger charge is 2.18. The first-order chi connectivity index (χ1) is 9.79. The van der Waals surface area contributed by atoms with Crippen molar-refractivity contribution >= 4 is 11.6 Å². The van der Waals surface area contributed by atoms with Crippen molar-refractivity contribution < 1.29 is 0 Å². The number of nitrogens with two attached hydrogens (primary N) is 1. The normalized spacial score (nSPS) is 11.7. The van der Waals surface area contributed by atoms with Gasteiger partial charge in [-0.3, -0.25) is 4.68 Å². The summed E-state index contributed by atoms with van der Waals surface area (Å²) in [6.45, 7) is 8.99. The van der Waals surface area contributed by atoms with Gasteiger partial charge in [-0.15, -0.1) is 0 Å². The molecule has 0 spiro atoms. The summed E-state index contributed by atoms with van der Waals surface area (Å²) in [6.07, 6.45) is 2.94. The molecule has 0 aliphatic rings. The fourth-order valence-corrected chi connectivity index (χ4v) is 2.11. The Bertz CT molecular complexity index is 624. The predicted molar refractivity (Wildman–Crippen MR) is 85.1 cm³/mol. The summed E-state index contributed by atoms with van der Waals surface area (Å²) in [6, 6.07) is 1.76. The molecule has 0 unspecified atom stereocenters. The van der Waals surface area contributed by atoms with Crippen molar-refractivity contribution in [1.29, 1.82) is 0 Å². The molecule has 2 rings (SSSR count). The molecule has 3 N–H and O–H groups in total. The number of nitrogen functional groups attached to an aromatic ring is 1. The van der Waals surface area contributed by atoms with Gasteiger partial charge in [0.15, 0.2) is 0 Å². The first-order valence-electron chi connectivity index (χ1n) is 7.20. The molecule has 0 aliphatic heterocycles. The van der Waals surface area contributed by atoms with Gasteiger partial charge in [0.1, 0.15) is 17.5 Å². The quantitative estimate of drug-likeness (QED) is 0.902.